The molecule has 0 aromatic heterocycles. The molecule has 64 valence electrons. The first-order valence-electron chi connectivity index (χ1n) is 3.62. The predicted molar refractivity (Wildman–Crippen MR) is 50.2 cm³/mol. The zero-order valence-electron chi connectivity index (χ0n) is 6.79. The van der Waals surface area contributed by atoms with Gasteiger partial charge in [-0.3, -0.25) is 0 Å². The Morgan fingerprint density at radius 2 is 2.00 bits per heavy atom. The number of rotatable bonds is 2. The van der Waals surface area contributed by atoms with Gasteiger partial charge in [0.15, 0.2) is 0 Å². The highest BCUT2D eigenvalue weighted by molar-refractivity contribution is 6.31. The van der Waals surface area contributed by atoms with Crippen LogP contribution >= 0.6 is 11.6 Å². The lowest BCUT2D eigenvalue weighted by atomic mass is 10.1. The second kappa shape index (κ2) is 4.12. The van der Waals surface area contributed by atoms with Gasteiger partial charge in [0.05, 0.1) is 5.88 Å². The molecule has 0 spiro atoms. The lowest BCUT2D eigenvalue weighted by Crippen LogP contribution is -2.01. The van der Waals surface area contributed by atoms with E-state index in [4.69, 9.17) is 16.8 Å². The van der Waals surface area contributed by atoms with Crippen molar-refractivity contribution in [2.24, 2.45) is 5.16 Å². The number of hydrogen-bond donors (Lipinski definition) is 1. The Bertz CT molecular complexity index is 279. The normalized spacial score (nSPS) is 11.7. The van der Waals surface area contributed by atoms with Crippen LogP contribution in [0.4, 0.5) is 0 Å². The Kier molecular flexibility index (Phi) is 3.11. The van der Waals surface area contributed by atoms with Crippen molar-refractivity contribution in [1.29, 1.82) is 0 Å². The van der Waals surface area contributed by atoms with E-state index in [-0.39, 0.29) is 5.88 Å². The fourth-order valence-electron chi connectivity index (χ4n) is 0.908. The third-order valence-electron chi connectivity index (χ3n) is 1.63. The molecular weight excluding hydrogens is 174 g/mol. The Hall–Kier alpha value is -1.02. The summed E-state index contributed by atoms with van der Waals surface area (Å²) in [5.41, 5.74) is 2.53. The predicted octanol–water partition coefficient (Wildman–Crippen LogP) is 2.41. The van der Waals surface area contributed by atoms with Gasteiger partial charge in [-0.1, -0.05) is 35.0 Å². The molecule has 1 rings (SSSR count). The molecule has 3 heteroatoms. The van der Waals surface area contributed by atoms with Crippen molar-refractivity contribution < 1.29 is 5.21 Å². The highest BCUT2D eigenvalue weighted by Gasteiger charge is 2.00. The van der Waals surface area contributed by atoms with E-state index in [1.54, 1.807) is 0 Å². The maximum Gasteiger partial charge on any atom is 0.101 e. The standard InChI is InChI=1S/C9H10ClNO/c1-7-2-4-8(5-3-7)9(6-10)11-12/h2-5,12H,6H2,1H3. The van der Waals surface area contributed by atoms with Crippen LogP contribution in [0.3, 0.4) is 0 Å². The minimum Gasteiger partial charge on any atom is -0.411 e. The third-order valence-corrected chi connectivity index (χ3v) is 1.89. The van der Waals surface area contributed by atoms with Crippen molar-refractivity contribution in [3.63, 3.8) is 0 Å². The molecule has 1 aromatic carbocycles. The highest BCUT2D eigenvalue weighted by atomic mass is 35.5. The van der Waals surface area contributed by atoms with Gasteiger partial charge in [-0.05, 0) is 6.92 Å². The number of nitrogens with zero attached hydrogens (tertiary/aromatic N) is 1. The SMILES string of the molecule is Cc1ccc(C(CCl)=NO)cc1. The molecule has 0 atom stereocenters. The van der Waals surface area contributed by atoms with Gasteiger partial charge in [0.1, 0.15) is 5.71 Å². The Morgan fingerprint density at radius 1 is 1.42 bits per heavy atom. The Balaban J connectivity index is 2.96. The van der Waals surface area contributed by atoms with Crippen LogP contribution in [0.5, 0.6) is 0 Å². The van der Waals surface area contributed by atoms with E-state index in [1.807, 2.05) is 31.2 Å². The fourth-order valence-corrected chi connectivity index (χ4v) is 1.12. The van der Waals surface area contributed by atoms with Gasteiger partial charge < -0.3 is 5.21 Å². The average molecular weight is 184 g/mol. The quantitative estimate of drug-likeness (QED) is 0.325. The van der Waals surface area contributed by atoms with Crippen molar-refractivity contribution in [1.82, 2.24) is 0 Å². The summed E-state index contributed by atoms with van der Waals surface area (Å²) in [7, 11) is 0. The van der Waals surface area contributed by atoms with Crippen LogP contribution in [0, 0.1) is 6.92 Å². The summed E-state index contributed by atoms with van der Waals surface area (Å²) in [4.78, 5) is 0. The van der Waals surface area contributed by atoms with E-state index < -0.39 is 0 Å². The molecule has 0 bridgehead atoms. The van der Waals surface area contributed by atoms with Crippen LogP contribution in [-0.4, -0.2) is 16.8 Å². The largest absolute Gasteiger partial charge is 0.411 e. The number of alkyl halides is 1. The molecule has 0 unspecified atom stereocenters. The summed E-state index contributed by atoms with van der Waals surface area (Å²) in [5.74, 6) is 0.222. The van der Waals surface area contributed by atoms with E-state index in [2.05, 4.69) is 5.16 Å². The maximum atomic E-state index is 8.55. The van der Waals surface area contributed by atoms with E-state index in [0.29, 0.717) is 5.71 Å². The van der Waals surface area contributed by atoms with Crippen LogP contribution in [0.15, 0.2) is 29.4 Å². The lowest BCUT2D eigenvalue weighted by Gasteiger charge is -1.99. The van der Waals surface area contributed by atoms with E-state index in [9.17, 15) is 0 Å². The van der Waals surface area contributed by atoms with Gasteiger partial charge in [-0.2, -0.15) is 0 Å². The molecule has 0 aliphatic carbocycles. The van der Waals surface area contributed by atoms with Gasteiger partial charge in [-0.25, -0.2) is 0 Å². The highest BCUT2D eigenvalue weighted by Crippen LogP contribution is 2.05. The third kappa shape index (κ3) is 1.98. The number of halogens is 1. The monoisotopic (exact) mass is 183 g/mol. The first-order chi connectivity index (χ1) is 5.77. The molecule has 0 radical (unpaired) electrons. The lowest BCUT2D eigenvalue weighted by molar-refractivity contribution is 0.319. The van der Waals surface area contributed by atoms with Gasteiger partial charge in [0.25, 0.3) is 0 Å². The number of benzene rings is 1. The molecule has 2 nitrogen and oxygen atoms in total. The molecule has 0 heterocycles. The second-order valence-corrected chi connectivity index (χ2v) is 2.81. The Morgan fingerprint density at radius 3 is 2.42 bits per heavy atom. The van der Waals surface area contributed by atoms with Crippen LogP contribution in [0.1, 0.15) is 11.1 Å². The molecule has 1 aromatic rings. The van der Waals surface area contributed by atoms with Gasteiger partial charge in [0.2, 0.25) is 0 Å². The topological polar surface area (TPSA) is 32.6 Å². The van der Waals surface area contributed by atoms with Crippen molar-refractivity contribution >= 4 is 17.3 Å². The summed E-state index contributed by atoms with van der Waals surface area (Å²) < 4.78 is 0. The maximum absolute atomic E-state index is 8.55. The van der Waals surface area contributed by atoms with E-state index >= 15 is 0 Å². The molecule has 1 N–H and O–H groups in total. The van der Waals surface area contributed by atoms with Gasteiger partial charge >= 0.3 is 0 Å². The summed E-state index contributed by atoms with van der Waals surface area (Å²) in [6, 6.07) is 7.67. The second-order valence-electron chi connectivity index (χ2n) is 2.55. The van der Waals surface area contributed by atoms with Crippen molar-refractivity contribution in [2.45, 2.75) is 6.92 Å². The molecule has 0 aliphatic heterocycles. The van der Waals surface area contributed by atoms with Crippen LogP contribution in [0.25, 0.3) is 0 Å². The zero-order valence-corrected chi connectivity index (χ0v) is 7.54. The molecule has 0 fully saturated rings. The van der Waals surface area contributed by atoms with Crippen molar-refractivity contribution in [2.75, 3.05) is 5.88 Å². The van der Waals surface area contributed by atoms with Gasteiger partial charge in [-0.15, -0.1) is 11.6 Å². The summed E-state index contributed by atoms with van der Waals surface area (Å²) >= 11 is 5.55. The summed E-state index contributed by atoms with van der Waals surface area (Å²) in [6.07, 6.45) is 0. The molecule has 12 heavy (non-hydrogen) atoms. The van der Waals surface area contributed by atoms with Crippen LogP contribution in [0.2, 0.25) is 0 Å². The number of oxime groups is 1. The van der Waals surface area contributed by atoms with E-state index in [0.717, 1.165) is 5.56 Å². The Labute approximate surface area is 76.5 Å². The van der Waals surface area contributed by atoms with Crippen molar-refractivity contribution in [3.8, 4) is 0 Å². The molecule has 0 saturated heterocycles. The fraction of sp³-hybridized carbons (Fsp3) is 0.222. The smallest absolute Gasteiger partial charge is 0.101 e. The summed E-state index contributed by atoms with van der Waals surface area (Å²) in [5, 5.41) is 11.6. The first-order valence-corrected chi connectivity index (χ1v) is 4.15. The minimum atomic E-state index is 0.222. The van der Waals surface area contributed by atoms with Crippen molar-refractivity contribution in [3.05, 3.63) is 35.4 Å². The molecule has 0 amide bonds. The number of hydrogen-bond acceptors (Lipinski definition) is 2. The molecule has 0 saturated carbocycles. The molecule has 0 aliphatic rings. The molecular formula is C9H10ClNO. The van der Waals surface area contributed by atoms with Gasteiger partial charge in [0, 0.05) is 5.56 Å². The summed E-state index contributed by atoms with van der Waals surface area (Å²) in [6.45, 7) is 2.00. The van der Waals surface area contributed by atoms with E-state index in [1.165, 1.54) is 5.56 Å². The van der Waals surface area contributed by atoms with Crippen LogP contribution in [-0.2, 0) is 0 Å². The average Bonchev–Trinajstić information content (AvgIpc) is 2.10. The van der Waals surface area contributed by atoms with Crippen LogP contribution < -0.4 is 0 Å². The minimum absolute atomic E-state index is 0.222. The first kappa shape index (κ1) is 9.07. The zero-order chi connectivity index (χ0) is 8.97. The number of aryl methyl sites for hydroxylation is 1.